The molecule has 1 aromatic rings. The Morgan fingerprint density at radius 3 is 2.59 bits per heavy atom. The minimum Gasteiger partial charge on any atom is -0.417 e. The number of oxime groups is 1. The molecular weight excluding hydrogens is 327 g/mol. The summed E-state index contributed by atoms with van der Waals surface area (Å²) in [5.74, 6) is -2.73. The van der Waals surface area contributed by atoms with Crippen molar-refractivity contribution < 1.29 is 31.2 Å². The van der Waals surface area contributed by atoms with E-state index in [4.69, 9.17) is 4.84 Å². The van der Waals surface area contributed by atoms with Crippen LogP contribution in [0.1, 0.15) is 25.8 Å². The third kappa shape index (κ3) is 3.34. The average molecular weight is 341 g/mol. The number of hydrogen-bond donors (Lipinski definition) is 0. The van der Waals surface area contributed by atoms with Crippen molar-refractivity contribution in [2.75, 3.05) is 0 Å². The standard InChI is InChI=1S/C11H14F3N3O4S/c1-11(2)4-7(16-21-11)22(18,19)5-6-8(12)15-17(3)9(6)20-10(13)14/h10H,4-5H2,1-3H3. The number of sulfone groups is 1. The molecule has 124 valence electrons. The molecule has 0 saturated carbocycles. The molecule has 1 aliphatic rings. The van der Waals surface area contributed by atoms with Gasteiger partial charge in [0.15, 0.2) is 14.9 Å². The minimum atomic E-state index is -4.04. The zero-order chi connectivity index (χ0) is 16.7. The van der Waals surface area contributed by atoms with Gasteiger partial charge in [0.25, 0.3) is 0 Å². The molecular formula is C11H14F3N3O4S. The van der Waals surface area contributed by atoms with E-state index in [2.05, 4.69) is 15.0 Å². The van der Waals surface area contributed by atoms with Gasteiger partial charge in [-0.2, -0.15) is 13.2 Å². The Kier molecular flexibility index (Phi) is 4.11. The Hall–Kier alpha value is -1.78. The van der Waals surface area contributed by atoms with Crippen LogP contribution in [0.4, 0.5) is 13.2 Å². The second-order valence-electron chi connectivity index (χ2n) is 5.35. The van der Waals surface area contributed by atoms with Gasteiger partial charge in [0.05, 0.1) is 11.3 Å². The lowest BCUT2D eigenvalue weighted by atomic mass is 10.1. The van der Waals surface area contributed by atoms with Gasteiger partial charge in [0, 0.05) is 13.5 Å². The lowest BCUT2D eigenvalue weighted by molar-refractivity contribution is -0.0558. The van der Waals surface area contributed by atoms with E-state index in [9.17, 15) is 21.6 Å². The number of hydrogen-bond acceptors (Lipinski definition) is 6. The van der Waals surface area contributed by atoms with Gasteiger partial charge < -0.3 is 9.57 Å². The highest BCUT2D eigenvalue weighted by Crippen LogP contribution is 2.29. The van der Waals surface area contributed by atoms with E-state index in [0.717, 1.165) is 7.05 Å². The highest BCUT2D eigenvalue weighted by Gasteiger charge is 2.37. The first-order valence-corrected chi connectivity index (χ1v) is 7.81. The summed E-state index contributed by atoms with van der Waals surface area (Å²) in [4.78, 5) is 4.95. The highest BCUT2D eigenvalue weighted by atomic mass is 32.2. The van der Waals surface area contributed by atoms with Crippen molar-refractivity contribution >= 4 is 14.9 Å². The van der Waals surface area contributed by atoms with Crippen LogP contribution in [0.5, 0.6) is 5.88 Å². The van der Waals surface area contributed by atoms with Crippen LogP contribution in [0, 0.1) is 5.95 Å². The lowest BCUT2D eigenvalue weighted by Crippen LogP contribution is -2.23. The van der Waals surface area contributed by atoms with Crippen LogP contribution < -0.4 is 4.74 Å². The fourth-order valence-electron chi connectivity index (χ4n) is 1.92. The van der Waals surface area contributed by atoms with Gasteiger partial charge in [0.1, 0.15) is 5.60 Å². The number of halogens is 3. The van der Waals surface area contributed by atoms with Crippen LogP contribution in [-0.2, 0) is 27.5 Å². The molecule has 2 heterocycles. The van der Waals surface area contributed by atoms with E-state index in [1.54, 1.807) is 13.8 Å². The lowest BCUT2D eigenvalue weighted by Gasteiger charge is -2.13. The van der Waals surface area contributed by atoms with Crippen molar-refractivity contribution in [2.45, 2.75) is 38.2 Å². The molecule has 0 spiro atoms. The summed E-state index contributed by atoms with van der Waals surface area (Å²) in [6.45, 7) is 0.0339. The van der Waals surface area contributed by atoms with Crippen molar-refractivity contribution in [3.63, 3.8) is 0 Å². The summed E-state index contributed by atoms with van der Waals surface area (Å²) < 4.78 is 67.7. The molecule has 0 unspecified atom stereocenters. The van der Waals surface area contributed by atoms with E-state index in [1.165, 1.54) is 0 Å². The largest absolute Gasteiger partial charge is 0.417 e. The zero-order valence-electron chi connectivity index (χ0n) is 12.0. The Balaban J connectivity index is 2.31. The molecule has 0 radical (unpaired) electrons. The maximum absolute atomic E-state index is 13.7. The molecule has 0 N–H and O–H groups in total. The second kappa shape index (κ2) is 5.45. The first-order valence-electron chi connectivity index (χ1n) is 6.16. The molecule has 0 fully saturated rings. The zero-order valence-corrected chi connectivity index (χ0v) is 12.8. The van der Waals surface area contributed by atoms with Crippen LogP contribution >= 0.6 is 0 Å². The molecule has 0 aromatic carbocycles. The summed E-state index contributed by atoms with van der Waals surface area (Å²) in [5.41, 5.74) is -1.37. The fourth-order valence-corrected chi connectivity index (χ4v) is 3.42. The molecule has 2 rings (SSSR count). The number of alkyl halides is 2. The third-order valence-corrected chi connectivity index (χ3v) is 4.51. The number of aryl methyl sites for hydroxylation is 1. The Morgan fingerprint density at radius 2 is 2.09 bits per heavy atom. The van der Waals surface area contributed by atoms with E-state index in [0.29, 0.717) is 4.68 Å². The van der Waals surface area contributed by atoms with E-state index >= 15 is 0 Å². The van der Waals surface area contributed by atoms with E-state index in [-0.39, 0.29) is 11.5 Å². The monoisotopic (exact) mass is 341 g/mol. The minimum absolute atomic E-state index is 0.00223. The van der Waals surface area contributed by atoms with Gasteiger partial charge in [-0.15, -0.1) is 5.10 Å². The highest BCUT2D eigenvalue weighted by molar-refractivity contribution is 8.05. The van der Waals surface area contributed by atoms with Crippen molar-refractivity contribution in [2.24, 2.45) is 12.2 Å². The van der Waals surface area contributed by atoms with Crippen molar-refractivity contribution in [1.82, 2.24) is 9.78 Å². The van der Waals surface area contributed by atoms with Crippen LogP contribution in [0.2, 0.25) is 0 Å². The molecule has 0 bridgehead atoms. The molecule has 7 nitrogen and oxygen atoms in total. The molecule has 11 heteroatoms. The summed E-state index contributed by atoms with van der Waals surface area (Å²) in [6.07, 6.45) is 0.00223. The summed E-state index contributed by atoms with van der Waals surface area (Å²) in [5, 5.41) is 6.46. The number of ether oxygens (including phenoxy) is 1. The van der Waals surface area contributed by atoms with E-state index in [1.807, 2.05) is 0 Å². The maximum Gasteiger partial charge on any atom is 0.388 e. The molecule has 0 amide bonds. The predicted octanol–water partition coefficient (Wildman–Crippen LogP) is 1.59. The molecule has 0 saturated heterocycles. The first kappa shape index (κ1) is 16.6. The maximum atomic E-state index is 13.7. The van der Waals surface area contributed by atoms with Gasteiger partial charge in [-0.05, 0) is 13.8 Å². The van der Waals surface area contributed by atoms with Gasteiger partial charge in [-0.25, -0.2) is 13.1 Å². The van der Waals surface area contributed by atoms with E-state index < -0.39 is 45.2 Å². The van der Waals surface area contributed by atoms with Crippen molar-refractivity contribution in [3.8, 4) is 5.88 Å². The van der Waals surface area contributed by atoms with Crippen LogP contribution in [0.15, 0.2) is 5.16 Å². The van der Waals surface area contributed by atoms with Crippen LogP contribution in [0.3, 0.4) is 0 Å². The Morgan fingerprint density at radius 1 is 1.45 bits per heavy atom. The summed E-state index contributed by atoms with van der Waals surface area (Å²) in [7, 11) is -2.88. The molecule has 0 atom stereocenters. The number of nitrogens with zero attached hydrogens (tertiary/aromatic N) is 3. The van der Waals surface area contributed by atoms with Gasteiger partial charge in [-0.1, -0.05) is 5.16 Å². The number of rotatable bonds is 4. The normalized spacial score (nSPS) is 17.5. The van der Waals surface area contributed by atoms with Gasteiger partial charge in [-0.3, -0.25) is 0 Å². The average Bonchev–Trinajstić information content (AvgIpc) is 2.84. The van der Waals surface area contributed by atoms with Gasteiger partial charge >= 0.3 is 6.61 Å². The van der Waals surface area contributed by atoms with Crippen LogP contribution in [-0.4, -0.2) is 35.5 Å². The summed E-state index contributed by atoms with van der Waals surface area (Å²) >= 11 is 0. The SMILES string of the molecule is Cn1nc(F)c(CS(=O)(=O)C2=NOC(C)(C)C2)c1OC(F)F. The summed E-state index contributed by atoms with van der Waals surface area (Å²) in [6, 6.07) is 0. The van der Waals surface area contributed by atoms with Gasteiger partial charge in [0.2, 0.25) is 11.8 Å². The number of aromatic nitrogens is 2. The molecule has 22 heavy (non-hydrogen) atoms. The first-order chi connectivity index (χ1) is 10.0. The Labute approximate surface area is 124 Å². The second-order valence-corrected chi connectivity index (χ2v) is 7.34. The molecule has 1 aliphatic heterocycles. The predicted molar refractivity (Wildman–Crippen MR) is 69.6 cm³/mol. The van der Waals surface area contributed by atoms with Crippen LogP contribution in [0.25, 0.3) is 0 Å². The third-order valence-electron chi connectivity index (χ3n) is 2.90. The Bertz CT molecular complexity index is 712. The van der Waals surface area contributed by atoms with Crippen molar-refractivity contribution in [1.29, 1.82) is 0 Å². The molecule has 1 aromatic heterocycles. The molecule has 0 aliphatic carbocycles. The smallest absolute Gasteiger partial charge is 0.388 e. The fraction of sp³-hybridized carbons (Fsp3) is 0.636. The van der Waals surface area contributed by atoms with Crippen molar-refractivity contribution in [3.05, 3.63) is 11.5 Å². The topological polar surface area (TPSA) is 82.8 Å². The quantitative estimate of drug-likeness (QED) is 0.830.